The summed E-state index contributed by atoms with van der Waals surface area (Å²) in [5.74, 6) is 0.729. The largest absolute Gasteiger partial charge is 0.378 e. The van der Waals surface area contributed by atoms with Crippen molar-refractivity contribution in [1.82, 2.24) is 5.32 Å². The Labute approximate surface area is 129 Å². The van der Waals surface area contributed by atoms with Gasteiger partial charge in [-0.2, -0.15) is 0 Å². The van der Waals surface area contributed by atoms with Crippen molar-refractivity contribution in [3.8, 4) is 0 Å². The van der Waals surface area contributed by atoms with Crippen LogP contribution >= 0.6 is 0 Å². The summed E-state index contributed by atoms with van der Waals surface area (Å²) in [5.41, 5.74) is 5.64. The van der Waals surface area contributed by atoms with Crippen molar-refractivity contribution in [2.45, 2.75) is 82.8 Å². The summed E-state index contributed by atoms with van der Waals surface area (Å²) in [6.45, 7) is 3.51. The van der Waals surface area contributed by atoms with E-state index in [2.05, 4.69) is 12.2 Å². The summed E-state index contributed by atoms with van der Waals surface area (Å²) >= 11 is 0. The number of amides is 1. The summed E-state index contributed by atoms with van der Waals surface area (Å²) in [5, 5.41) is 3.06. The highest BCUT2D eigenvalue weighted by Gasteiger charge is 2.35. The standard InChI is InChI=1S/C17H32N2O2/c1-2-21-15(14-8-4-5-9-14)10-13-19-16(20)17(18)11-6-3-7-12-17/h14-15H,2-13,18H2,1H3,(H,19,20). The Morgan fingerprint density at radius 1 is 1.24 bits per heavy atom. The third kappa shape index (κ3) is 4.68. The van der Waals surface area contributed by atoms with Crippen LogP contribution in [0.2, 0.25) is 0 Å². The first-order valence-corrected chi connectivity index (χ1v) is 8.84. The lowest BCUT2D eigenvalue weighted by Gasteiger charge is -2.32. The highest BCUT2D eigenvalue weighted by atomic mass is 16.5. The molecule has 0 aliphatic heterocycles. The fraction of sp³-hybridized carbons (Fsp3) is 0.941. The molecule has 4 nitrogen and oxygen atoms in total. The van der Waals surface area contributed by atoms with E-state index in [4.69, 9.17) is 10.5 Å². The van der Waals surface area contributed by atoms with Crippen molar-refractivity contribution >= 4 is 5.91 Å². The van der Waals surface area contributed by atoms with Gasteiger partial charge in [0.25, 0.3) is 0 Å². The van der Waals surface area contributed by atoms with Crippen molar-refractivity contribution in [2.24, 2.45) is 11.7 Å². The lowest BCUT2D eigenvalue weighted by Crippen LogP contribution is -2.55. The van der Waals surface area contributed by atoms with Crippen molar-refractivity contribution in [2.75, 3.05) is 13.2 Å². The molecule has 1 atom stereocenters. The number of rotatable bonds is 7. The SMILES string of the molecule is CCOC(CCNC(=O)C1(N)CCCCC1)C1CCCC1. The molecule has 0 saturated heterocycles. The molecular weight excluding hydrogens is 264 g/mol. The third-order valence-corrected chi connectivity index (χ3v) is 5.22. The van der Waals surface area contributed by atoms with Gasteiger partial charge >= 0.3 is 0 Å². The Balaban J connectivity index is 1.74. The maximum Gasteiger partial charge on any atom is 0.240 e. The molecule has 21 heavy (non-hydrogen) atoms. The zero-order valence-corrected chi connectivity index (χ0v) is 13.5. The molecule has 0 aromatic carbocycles. The molecule has 3 N–H and O–H groups in total. The van der Waals surface area contributed by atoms with Gasteiger partial charge in [0, 0.05) is 13.2 Å². The minimum atomic E-state index is -0.618. The number of ether oxygens (including phenoxy) is 1. The van der Waals surface area contributed by atoms with E-state index in [0.717, 1.165) is 38.7 Å². The smallest absolute Gasteiger partial charge is 0.240 e. The second kappa shape index (κ2) is 8.14. The molecule has 0 spiro atoms. The Bertz CT molecular complexity index is 321. The topological polar surface area (TPSA) is 64.3 Å². The molecule has 1 amide bonds. The maximum atomic E-state index is 12.3. The first-order chi connectivity index (χ1) is 10.2. The summed E-state index contributed by atoms with van der Waals surface area (Å²) < 4.78 is 5.90. The van der Waals surface area contributed by atoms with Crippen molar-refractivity contribution in [1.29, 1.82) is 0 Å². The summed E-state index contributed by atoms with van der Waals surface area (Å²) in [6.07, 6.45) is 11.4. The fourth-order valence-electron chi connectivity index (χ4n) is 3.91. The average molecular weight is 296 g/mol. The van der Waals surface area contributed by atoms with Crippen molar-refractivity contribution in [3.05, 3.63) is 0 Å². The van der Waals surface area contributed by atoms with Gasteiger partial charge in [0.2, 0.25) is 5.91 Å². The molecule has 1 unspecified atom stereocenters. The first kappa shape index (κ1) is 16.8. The van der Waals surface area contributed by atoms with Crippen LogP contribution in [0.3, 0.4) is 0 Å². The van der Waals surface area contributed by atoms with Gasteiger partial charge in [-0.3, -0.25) is 4.79 Å². The molecule has 2 rings (SSSR count). The van der Waals surface area contributed by atoms with Crippen LogP contribution in [0.4, 0.5) is 0 Å². The number of nitrogens with one attached hydrogen (secondary N) is 1. The Hall–Kier alpha value is -0.610. The summed E-state index contributed by atoms with van der Waals surface area (Å²) in [6, 6.07) is 0. The molecule has 0 radical (unpaired) electrons. The van der Waals surface area contributed by atoms with Crippen LogP contribution < -0.4 is 11.1 Å². The number of hydrogen-bond acceptors (Lipinski definition) is 3. The molecule has 0 heterocycles. The number of carbonyl (C=O) groups excluding carboxylic acids is 1. The zero-order chi connectivity index (χ0) is 15.1. The monoisotopic (exact) mass is 296 g/mol. The second-order valence-corrected chi connectivity index (χ2v) is 6.80. The summed E-state index contributed by atoms with van der Waals surface area (Å²) in [7, 11) is 0. The lowest BCUT2D eigenvalue weighted by atomic mass is 9.82. The van der Waals surface area contributed by atoms with E-state index in [0.29, 0.717) is 18.6 Å². The molecule has 2 saturated carbocycles. The molecule has 0 aromatic heterocycles. The van der Waals surface area contributed by atoms with Crippen LogP contribution in [0.5, 0.6) is 0 Å². The maximum absolute atomic E-state index is 12.3. The first-order valence-electron chi connectivity index (χ1n) is 8.84. The van der Waals surface area contributed by atoms with Crippen LogP contribution in [0, 0.1) is 5.92 Å². The fourth-order valence-corrected chi connectivity index (χ4v) is 3.91. The van der Waals surface area contributed by atoms with E-state index < -0.39 is 5.54 Å². The quantitative estimate of drug-likeness (QED) is 0.759. The van der Waals surface area contributed by atoms with Gasteiger partial charge in [-0.25, -0.2) is 0 Å². The molecule has 2 fully saturated rings. The van der Waals surface area contributed by atoms with Gasteiger partial charge in [-0.1, -0.05) is 32.1 Å². The minimum Gasteiger partial charge on any atom is -0.378 e. The predicted molar refractivity (Wildman–Crippen MR) is 85.0 cm³/mol. The van der Waals surface area contributed by atoms with Crippen molar-refractivity contribution < 1.29 is 9.53 Å². The highest BCUT2D eigenvalue weighted by molar-refractivity contribution is 5.86. The van der Waals surface area contributed by atoms with Gasteiger partial charge in [0.15, 0.2) is 0 Å². The number of nitrogens with two attached hydrogens (primary N) is 1. The highest BCUT2D eigenvalue weighted by Crippen LogP contribution is 2.31. The van der Waals surface area contributed by atoms with E-state index >= 15 is 0 Å². The van der Waals surface area contributed by atoms with E-state index in [-0.39, 0.29) is 5.91 Å². The van der Waals surface area contributed by atoms with Crippen LogP contribution in [-0.2, 0) is 9.53 Å². The molecule has 0 bridgehead atoms. The molecule has 122 valence electrons. The molecular formula is C17H32N2O2. The lowest BCUT2D eigenvalue weighted by molar-refractivity contribution is -0.127. The van der Waals surface area contributed by atoms with Gasteiger partial charge in [0.1, 0.15) is 0 Å². The van der Waals surface area contributed by atoms with Gasteiger partial charge < -0.3 is 15.8 Å². The Kier molecular flexibility index (Phi) is 6.49. The summed E-state index contributed by atoms with van der Waals surface area (Å²) in [4.78, 5) is 12.3. The van der Waals surface area contributed by atoms with Gasteiger partial charge in [-0.05, 0) is 44.9 Å². The molecule has 2 aliphatic carbocycles. The third-order valence-electron chi connectivity index (χ3n) is 5.22. The predicted octanol–water partition coefficient (Wildman–Crippen LogP) is 2.75. The normalized spacial score (nSPS) is 23.9. The Morgan fingerprint density at radius 3 is 2.52 bits per heavy atom. The second-order valence-electron chi connectivity index (χ2n) is 6.80. The van der Waals surface area contributed by atoms with Crippen LogP contribution in [-0.4, -0.2) is 30.7 Å². The van der Waals surface area contributed by atoms with Gasteiger partial charge in [0.05, 0.1) is 11.6 Å². The van der Waals surface area contributed by atoms with E-state index in [1.165, 1.54) is 32.1 Å². The Morgan fingerprint density at radius 2 is 1.90 bits per heavy atom. The van der Waals surface area contributed by atoms with E-state index in [9.17, 15) is 4.79 Å². The molecule has 4 heteroatoms. The van der Waals surface area contributed by atoms with Crippen LogP contribution in [0.25, 0.3) is 0 Å². The van der Waals surface area contributed by atoms with E-state index in [1.54, 1.807) is 0 Å². The molecule has 2 aliphatic rings. The number of carbonyl (C=O) groups is 1. The minimum absolute atomic E-state index is 0.0453. The van der Waals surface area contributed by atoms with Gasteiger partial charge in [-0.15, -0.1) is 0 Å². The van der Waals surface area contributed by atoms with Crippen LogP contribution in [0.1, 0.15) is 71.1 Å². The zero-order valence-electron chi connectivity index (χ0n) is 13.5. The van der Waals surface area contributed by atoms with E-state index in [1.807, 2.05) is 0 Å². The van der Waals surface area contributed by atoms with Crippen molar-refractivity contribution in [3.63, 3.8) is 0 Å². The molecule has 0 aromatic rings. The average Bonchev–Trinajstić information content (AvgIpc) is 3.01. The van der Waals surface area contributed by atoms with Crippen LogP contribution in [0.15, 0.2) is 0 Å². The number of hydrogen-bond donors (Lipinski definition) is 2.